The molecule has 0 atom stereocenters. The summed E-state index contributed by atoms with van der Waals surface area (Å²) in [6, 6.07) is 22.3. The molecule has 0 saturated heterocycles. The van der Waals surface area contributed by atoms with Gasteiger partial charge in [0, 0.05) is 27.6 Å². The van der Waals surface area contributed by atoms with Gasteiger partial charge in [-0.05, 0) is 108 Å². The van der Waals surface area contributed by atoms with Crippen LogP contribution in [-0.4, -0.2) is 25.0 Å². The summed E-state index contributed by atoms with van der Waals surface area (Å²) >= 11 is 0. The van der Waals surface area contributed by atoms with Crippen molar-refractivity contribution in [2.45, 2.75) is 53.4 Å². The number of fused-ring (bicyclic) bond motifs is 8. The first-order chi connectivity index (χ1) is 19.0. The van der Waals surface area contributed by atoms with Crippen LogP contribution in [0.3, 0.4) is 0 Å². The van der Waals surface area contributed by atoms with E-state index < -0.39 is 0 Å². The quantitative estimate of drug-likeness (QED) is 0.248. The first-order valence-electron chi connectivity index (χ1n) is 14.0. The Hall–Kier alpha value is -4.38. The number of aromatic hydroxyl groups is 1. The molecular formula is C34H34N4O. The summed E-state index contributed by atoms with van der Waals surface area (Å²) in [5.74, 6) is 0.249. The maximum atomic E-state index is 9.93. The van der Waals surface area contributed by atoms with Crippen molar-refractivity contribution >= 4 is 44.4 Å². The minimum Gasteiger partial charge on any atom is -0.508 e. The molecule has 3 aromatic heterocycles. The highest BCUT2D eigenvalue weighted by atomic mass is 16.3. The van der Waals surface area contributed by atoms with E-state index in [2.05, 4.69) is 80.1 Å². The molecule has 0 fully saturated rings. The molecule has 4 aromatic rings. The van der Waals surface area contributed by atoms with Gasteiger partial charge in [0.15, 0.2) is 0 Å². The Morgan fingerprint density at radius 1 is 0.538 bits per heavy atom. The number of phenols is 1. The summed E-state index contributed by atoms with van der Waals surface area (Å²) in [5.41, 5.74) is 15.3. The molecule has 5 nitrogen and oxygen atoms in total. The van der Waals surface area contributed by atoms with E-state index in [-0.39, 0.29) is 5.75 Å². The molecule has 0 saturated carbocycles. The van der Waals surface area contributed by atoms with Gasteiger partial charge in [0.1, 0.15) is 5.75 Å². The van der Waals surface area contributed by atoms with Gasteiger partial charge < -0.3 is 15.1 Å². The van der Waals surface area contributed by atoms with Gasteiger partial charge in [-0.15, -0.1) is 0 Å². The molecule has 0 spiro atoms. The normalized spacial score (nSPS) is 13.4. The van der Waals surface area contributed by atoms with Crippen LogP contribution in [0.5, 0.6) is 5.75 Å². The van der Waals surface area contributed by atoms with Gasteiger partial charge >= 0.3 is 0 Å². The van der Waals surface area contributed by atoms with Crippen LogP contribution in [0.25, 0.3) is 55.5 Å². The molecule has 0 radical (unpaired) electrons. The lowest BCUT2D eigenvalue weighted by Gasteiger charge is -2.04. The van der Waals surface area contributed by atoms with Crippen molar-refractivity contribution in [2.75, 3.05) is 0 Å². The Morgan fingerprint density at radius 2 is 0.949 bits per heavy atom. The summed E-state index contributed by atoms with van der Waals surface area (Å²) in [7, 11) is 0. The Kier molecular flexibility index (Phi) is 6.43. The predicted molar refractivity (Wildman–Crippen MR) is 163 cm³/mol. The fraction of sp³-hybridized carbons (Fsp3) is 0.235. The number of nitrogens with one attached hydrogen (secondary N) is 2. The molecular weight excluding hydrogens is 480 g/mol. The van der Waals surface area contributed by atoms with Gasteiger partial charge in [0.2, 0.25) is 0 Å². The van der Waals surface area contributed by atoms with E-state index in [1.807, 2.05) is 12.1 Å². The lowest BCUT2D eigenvalue weighted by molar-refractivity contribution is 0.475. The summed E-state index contributed by atoms with van der Waals surface area (Å²) < 4.78 is 0. The van der Waals surface area contributed by atoms with E-state index in [0.717, 1.165) is 81.7 Å². The number of benzene rings is 1. The average Bonchev–Trinajstić information content (AvgIpc) is 3.72. The molecule has 5 heterocycles. The minimum atomic E-state index is 0.249. The van der Waals surface area contributed by atoms with E-state index in [1.165, 1.54) is 22.3 Å². The molecule has 1 aromatic carbocycles. The highest BCUT2D eigenvalue weighted by molar-refractivity contribution is 5.97. The monoisotopic (exact) mass is 514 g/mol. The molecule has 8 bridgehead atoms. The van der Waals surface area contributed by atoms with Crippen LogP contribution in [-0.2, 0) is 0 Å². The van der Waals surface area contributed by atoms with Crippen LogP contribution in [0.2, 0.25) is 0 Å². The van der Waals surface area contributed by atoms with E-state index in [9.17, 15) is 5.11 Å². The van der Waals surface area contributed by atoms with Crippen LogP contribution in [0.15, 0.2) is 66.7 Å². The van der Waals surface area contributed by atoms with Crippen LogP contribution in [0.1, 0.15) is 76.2 Å². The van der Waals surface area contributed by atoms with Gasteiger partial charge in [-0.2, -0.15) is 0 Å². The number of aromatic nitrogens is 4. The highest BCUT2D eigenvalue weighted by Gasteiger charge is 2.21. The topological polar surface area (TPSA) is 77.6 Å². The van der Waals surface area contributed by atoms with Gasteiger partial charge in [0.05, 0.1) is 22.8 Å². The fourth-order valence-corrected chi connectivity index (χ4v) is 6.00. The lowest BCUT2D eigenvalue weighted by Crippen LogP contribution is -1.86. The summed E-state index contributed by atoms with van der Waals surface area (Å²) in [5, 5.41) is 9.93. The molecule has 2 aliphatic heterocycles. The number of aromatic amines is 2. The first kappa shape index (κ1) is 24.9. The molecule has 3 N–H and O–H groups in total. The van der Waals surface area contributed by atoms with Gasteiger partial charge in [0.25, 0.3) is 0 Å². The van der Waals surface area contributed by atoms with Crippen molar-refractivity contribution in [3.05, 3.63) is 89.5 Å². The number of nitrogens with zero attached hydrogens (tertiary/aromatic N) is 2. The predicted octanol–water partition coefficient (Wildman–Crippen LogP) is 9.15. The molecule has 0 aliphatic carbocycles. The Balaban J connectivity index is 1.76. The van der Waals surface area contributed by atoms with Crippen molar-refractivity contribution in [1.29, 1.82) is 0 Å². The smallest absolute Gasteiger partial charge is 0.115 e. The number of rotatable bonds is 5. The van der Waals surface area contributed by atoms with Gasteiger partial charge in [-0.1, -0.05) is 39.8 Å². The second-order valence-electron chi connectivity index (χ2n) is 10.1. The van der Waals surface area contributed by atoms with Crippen molar-refractivity contribution in [3.8, 4) is 16.9 Å². The number of allylic oxidation sites excluding steroid dienone is 4. The molecule has 0 amide bonds. The second kappa shape index (κ2) is 10.1. The number of hydrogen-bond acceptors (Lipinski definition) is 3. The first-order valence-corrected chi connectivity index (χ1v) is 14.0. The lowest BCUT2D eigenvalue weighted by atomic mass is 9.98. The molecule has 6 rings (SSSR count). The largest absolute Gasteiger partial charge is 0.508 e. The van der Waals surface area contributed by atoms with E-state index in [1.54, 1.807) is 12.1 Å². The third kappa shape index (κ3) is 4.38. The summed E-state index contributed by atoms with van der Waals surface area (Å²) in [6.07, 6.45) is 3.70. The van der Waals surface area contributed by atoms with Crippen molar-refractivity contribution < 1.29 is 5.11 Å². The molecule has 39 heavy (non-hydrogen) atoms. The summed E-state index contributed by atoms with van der Waals surface area (Å²) in [4.78, 5) is 17.6. The maximum absolute atomic E-state index is 9.93. The fourth-order valence-electron chi connectivity index (χ4n) is 6.00. The van der Waals surface area contributed by atoms with Crippen LogP contribution >= 0.6 is 0 Å². The standard InChI is InChI=1S/C34H34N4O/c1-5-24-26(7-3)32-19-33-27(8-4)25(6-2)31(38-33)18-22-12-16-29(36-22)34(20-9-13-23(39)14-10-20)28-15-11-21(35-28)17-30(24)37-32/h9-19,35-36,39H,5-8H2,1-4H3. The third-order valence-electron chi connectivity index (χ3n) is 7.83. The minimum absolute atomic E-state index is 0.249. The molecule has 196 valence electrons. The van der Waals surface area contributed by atoms with E-state index in [4.69, 9.17) is 9.97 Å². The van der Waals surface area contributed by atoms with Crippen LogP contribution < -0.4 is 0 Å². The zero-order valence-corrected chi connectivity index (χ0v) is 23.0. The molecule has 5 heteroatoms. The van der Waals surface area contributed by atoms with Crippen molar-refractivity contribution in [2.24, 2.45) is 0 Å². The number of phenolic OH excluding ortho intramolecular Hbond substituents is 1. The third-order valence-corrected chi connectivity index (χ3v) is 7.83. The zero-order valence-electron chi connectivity index (χ0n) is 23.0. The van der Waals surface area contributed by atoms with Gasteiger partial charge in [-0.3, -0.25) is 0 Å². The van der Waals surface area contributed by atoms with E-state index >= 15 is 0 Å². The number of hydrogen-bond donors (Lipinski definition) is 3. The SMILES string of the molecule is CCC1=C(CC)c2cc3ccc([nH]3)c(-c3ccc(O)cc3)c3ccc(cc4nc(cc1n2)C(CC)=C4CC)[nH]3. The summed E-state index contributed by atoms with van der Waals surface area (Å²) in [6.45, 7) is 8.84. The molecule has 2 aliphatic rings. The van der Waals surface area contributed by atoms with Crippen LogP contribution in [0.4, 0.5) is 0 Å². The van der Waals surface area contributed by atoms with Crippen molar-refractivity contribution in [1.82, 2.24) is 19.9 Å². The Labute approximate surface area is 229 Å². The highest BCUT2D eigenvalue weighted by Crippen LogP contribution is 2.38. The molecule has 0 unspecified atom stereocenters. The van der Waals surface area contributed by atoms with Crippen LogP contribution in [0, 0.1) is 0 Å². The number of H-pyrrole nitrogens is 2. The van der Waals surface area contributed by atoms with E-state index in [0.29, 0.717) is 0 Å². The second-order valence-corrected chi connectivity index (χ2v) is 10.1. The average molecular weight is 515 g/mol. The Bertz CT molecular complexity index is 1690. The van der Waals surface area contributed by atoms with Gasteiger partial charge in [-0.25, -0.2) is 9.97 Å². The van der Waals surface area contributed by atoms with Crippen molar-refractivity contribution in [3.63, 3.8) is 0 Å². The zero-order chi connectivity index (χ0) is 27.1. The Morgan fingerprint density at radius 3 is 1.36 bits per heavy atom. The maximum Gasteiger partial charge on any atom is 0.115 e.